The molecule has 1 aromatic carbocycles. The Balaban J connectivity index is 2.49. The second-order valence-electron chi connectivity index (χ2n) is 4.24. The molecule has 1 aliphatic carbocycles. The van der Waals surface area contributed by atoms with Crippen molar-refractivity contribution in [3.8, 4) is 0 Å². The minimum Gasteiger partial charge on any atom is -0.478 e. The monoisotopic (exact) mass is 216 g/mol. The summed E-state index contributed by atoms with van der Waals surface area (Å²) >= 11 is 0. The van der Waals surface area contributed by atoms with Crippen LogP contribution >= 0.6 is 0 Å². The highest BCUT2D eigenvalue weighted by Gasteiger charge is 2.22. The van der Waals surface area contributed by atoms with Gasteiger partial charge >= 0.3 is 5.97 Å². The van der Waals surface area contributed by atoms with Gasteiger partial charge in [0.15, 0.2) is 0 Å². The highest BCUT2D eigenvalue weighted by atomic mass is 16.4. The van der Waals surface area contributed by atoms with Crippen LogP contribution in [0.3, 0.4) is 0 Å². The number of rotatable bonds is 2. The molecule has 1 atom stereocenters. The zero-order chi connectivity index (χ0) is 11.5. The third-order valence-electron chi connectivity index (χ3n) is 3.30. The molecule has 0 amide bonds. The number of carbonyl (C=O) groups is 1. The Bertz CT molecular complexity index is 432. The van der Waals surface area contributed by atoms with Crippen LogP contribution < -0.4 is 0 Å². The lowest BCUT2D eigenvalue weighted by molar-refractivity contribution is -0.131. The average molecular weight is 216 g/mol. The van der Waals surface area contributed by atoms with Crippen molar-refractivity contribution in [2.45, 2.75) is 26.2 Å². The van der Waals surface area contributed by atoms with Crippen molar-refractivity contribution in [2.75, 3.05) is 0 Å². The molecule has 1 N–H and O–H groups in total. The first-order valence-electron chi connectivity index (χ1n) is 5.75. The lowest BCUT2D eigenvalue weighted by Crippen LogP contribution is -2.13. The van der Waals surface area contributed by atoms with Crippen molar-refractivity contribution in [2.24, 2.45) is 5.92 Å². The summed E-state index contributed by atoms with van der Waals surface area (Å²) in [6.07, 6.45) is 4.51. The zero-order valence-corrected chi connectivity index (χ0v) is 9.44. The Hall–Kier alpha value is -1.57. The number of benzene rings is 1. The number of aryl methyl sites for hydroxylation is 1. The molecule has 2 nitrogen and oxygen atoms in total. The Kier molecular flexibility index (Phi) is 3.09. The molecule has 16 heavy (non-hydrogen) atoms. The standard InChI is InChI=1S/C14H16O2/c1-2-10-7-8-11-5-3-4-6-12(11)13(10)9-14(15)16/h3-6,9-10H,2,7-8H2,1H3,(H,15,16)/b13-9+. The topological polar surface area (TPSA) is 37.3 Å². The Labute approximate surface area is 95.6 Å². The summed E-state index contributed by atoms with van der Waals surface area (Å²) in [4.78, 5) is 10.9. The quantitative estimate of drug-likeness (QED) is 0.771. The smallest absolute Gasteiger partial charge is 0.328 e. The maximum Gasteiger partial charge on any atom is 0.328 e. The predicted octanol–water partition coefficient (Wildman–Crippen LogP) is 3.13. The van der Waals surface area contributed by atoms with E-state index in [1.807, 2.05) is 18.2 Å². The van der Waals surface area contributed by atoms with E-state index >= 15 is 0 Å². The van der Waals surface area contributed by atoms with Crippen LogP contribution in [0.5, 0.6) is 0 Å². The number of carboxylic acids is 1. The van der Waals surface area contributed by atoms with Gasteiger partial charge in [-0.1, -0.05) is 31.2 Å². The Morgan fingerprint density at radius 1 is 1.50 bits per heavy atom. The summed E-state index contributed by atoms with van der Waals surface area (Å²) in [5, 5.41) is 8.93. The van der Waals surface area contributed by atoms with Gasteiger partial charge in [-0.3, -0.25) is 0 Å². The minimum atomic E-state index is -0.842. The third kappa shape index (κ3) is 2.01. The van der Waals surface area contributed by atoms with Gasteiger partial charge in [0.25, 0.3) is 0 Å². The molecular formula is C14H16O2. The number of fused-ring (bicyclic) bond motifs is 1. The van der Waals surface area contributed by atoms with Crippen molar-refractivity contribution >= 4 is 11.5 Å². The van der Waals surface area contributed by atoms with E-state index in [1.165, 1.54) is 11.6 Å². The van der Waals surface area contributed by atoms with Crippen molar-refractivity contribution in [3.63, 3.8) is 0 Å². The average Bonchev–Trinajstić information content (AvgIpc) is 2.29. The second kappa shape index (κ2) is 4.52. The van der Waals surface area contributed by atoms with Gasteiger partial charge in [0.1, 0.15) is 0 Å². The van der Waals surface area contributed by atoms with Gasteiger partial charge in [0, 0.05) is 6.08 Å². The van der Waals surface area contributed by atoms with Gasteiger partial charge in [-0.25, -0.2) is 4.79 Å². The zero-order valence-electron chi connectivity index (χ0n) is 9.44. The van der Waals surface area contributed by atoms with E-state index in [9.17, 15) is 4.79 Å². The molecule has 0 aliphatic heterocycles. The van der Waals surface area contributed by atoms with Crippen LogP contribution in [0.4, 0.5) is 0 Å². The summed E-state index contributed by atoms with van der Waals surface area (Å²) in [5.74, 6) is -0.448. The molecular weight excluding hydrogens is 200 g/mol. The van der Waals surface area contributed by atoms with E-state index in [-0.39, 0.29) is 0 Å². The summed E-state index contributed by atoms with van der Waals surface area (Å²) in [6.45, 7) is 2.12. The minimum absolute atomic E-state index is 0.394. The normalized spacial score (nSPS) is 21.8. The van der Waals surface area contributed by atoms with Crippen LogP contribution in [0.1, 0.15) is 30.9 Å². The Morgan fingerprint density at radius 3 is 2.94 bits per heavy atom. The van der Waals surface area contributed by atoms with E-state index in [0.717, 1.165) is 30.4 Å². The third-order valence-corrected chi connectivity index (χ3v) is 3.30. The molecule has 0 saturated carbocycles. The predicted molar refractivity (Wildman–Crippen MR) is 64.2 cm³/mol. The number of hydrogen-bond donors (Lipinski definition) is 1. The lowest BCUT2D eigenvalue weighted by Gasteiger charge is -2.26. The summed E-state index contributed by atoms with van der Waals surface area (Å²) in [6, 6.07) is 8.12. The SMILES string of the molecule is CCC1CCc2ccccc2/C1=C/C(=O)O. The maximum absolute atomic E-state index is 10.9. The molecule has 84 valence electrons. The van der Waals surface area contributed by atoms with Crippen LogP contribution in [0.2, 0.25) is 0 Å². The fourth-order valence-corrected chi connectivity index (χ4v) is 2.48. The first kappa shape index (κ1) is 10.9. The first-order chi connectivity index (χ1) is 7.72. The fourth-order valence-electron chi connectivity index (χ4n) is 2.48. The highest BCUT2D eigenvalue weighted by molar-refractivity contribution is 5.91. The van der Waals surface area contributed by atoms with Crippen molar-refractivity contribution in [1.82, 2.24) is 0 Å². The van der Waals surface area contributed by atoms with Gasteiger partial charge in [0.05, 0.1) is 0 Å². The second-order valence-corrected chi connectivity index (χ2v) is 4.24. The molecule has 1 aromatic rings. The highest BCUT2D eigenvalue weighted by Crippen LogP contribution is 2.36. The Morgan fingerprint density at radius 2 is 2.25 bits per heavy atom. The van der Waals surface area contributed by atoms with Crippen molar-refractivity contribution in [1.29, 1.82) is 0 Å². The van der Waals surface area contributed by atoms with Gasteiger partial charge in [-0.2, -0.15) is 0 Å². The molecule has 0 fully saturated rings. The van der Waals surface area contributed by atoms with E-state index < -0.39 is 5.97 Å². The van der Waals surface area contributed by atoms with E-state index in [4.69, 9.17) is 5.11 Å². The molecule has 0 spiro atoms. The molecule has 0 saturated heterocycles. The molecule has 1 unspecified atom stereocenters. The maximum atomic E-state index is 10.9. The molecule has 0 bridgehead atoms. The van der Waals surface area contributed by atoms with Gasteiger partial charge < -0.3 is 5.11 Å². The number of aliphatic carboxylic acids is 1. The molecule has 2 heteroatoms. The van der Waals surface area contributed by atoms with Crippen LogP contribution in [0.15, 0.2) is 30.3 Å². The number of allylic oxidation sites excluding steroid dienone is 1. The largest absolute Gasteiger partial charge is 0.478 e. The number of hydrogen-bond acceptors (Lipinski definition) is 1. The van der Waals surface area contributed by atoms with Gasteiger partial charge in [0.2, 0.25) is 0 Å². The lowest BCUT2D eigenvalue weighted by atomic mass is 9.78. The summed E-state index contributed by atoms with van der Waals surface area (Å²) in [5.41, 5.74) is 3.40. The van der Waals surface area contributed by atoms with Crippen LogP contribution in [0.25, 0.3) is 5.57 Å². The van der Waals surface area contributed by atoms with E-state index in [1.54, 1.807) is 0 Å². The molecule has 0 heterocycles. The van der Waals surface area contributed by atoms with Gasteiger partial charge in [-0.05, 0) is 41.9 Å². The van der Waals surface area contributed by atoms with Crippen LogP contribution in [-0.2, 0) is 11.2 Å². The van der Waals surface area contributed by atoms with Crippen LogP contribution in [0, 0.1) is 5.92 Å². The fraction of sp³-hybridized carbons (Fsp3) is 0.357. The molecule has 0 radical (unpaired) electrons. The van der Waals surface area contributed by atoms with Crippen molar-refractivity contribution in [3.05, 3.63) is 41.5 Å². The van der Waals surface area contributed by atoms with Crippen molar-refractivity contribution < 1.29 is 9.90 Å². The van der Waals surface area contributed by atoms with Crippen LogP contribution in [-0.4, -0.2) is 11.1 Å². The molecule has 0 aromatic heterocycles. The van der Waals surface area contributed by atoms with E-state index in [2.05, 4.69) is 13.0 Å². The molecule has 2 rings (SSSR count). The summed E-state index contributed by atoms with van der Waals surface area (Å²) < 4.78 is 0. The van der Waals surface area contributed by atoms with Gasteiger partial charge in [-0.15, -0.1) is 0 Å². The summed E-state index contributed by atoms with van der Waals surface area (Å²) in [7, 11) is 0. The number of carboxylic acid groups (broad SMARTS) is 1. The molecule has 1 aliphatic rings. The first-order valence-corrected chi connectivity index (χ1v) is 5.75. The van der Waals surface area contributed by atoms with E-state index in [0.29, 0.717) is 5.92 Å².